The fraction of sp³-hybridized carbons (Fsp3) is 0.700. The molecule has 0 bridgehead atoms. The van der Waals surface area contributed by atoms with Gasteiger partial charge in [0.2, 0.25) is 0 Å². The summed E-state index contributed by atoms with van der Waals surface area (Å²) in [7, 11) is 0. The minimum Gasteiger partial charge on any atom is -0.485 e. The van der Waals surface area contributed by atoms with Gasteiger partial charge in [0, 0.05) is 0 Å². The SMILES string of the molecule is CCC(C)(C)Oc1ccc(C(C(C)(C)C)C(C)(C)C)cc1F. The van der Waals surface area contributed by atoms with Crippen LogP contribution in [-0.2, 0) is 0 Å². The Bertz CT molecular complexity index is 489. The zero-order valence-electron chi connectivity index (χ0n) is 15.8. The minimum atomic E-state index is -0.351. The summed E-state index contributed by atoms with van der Waals surface area (Å²) in [4.78, 5) is 0. The van der Waals surface area contributed by atoms with E-state index >= 15 is 0 Å². The Balaban J connectivity index is 3.21. The van der Waals surface area contributed by atoms with Crippen LogP contribution < -0.4 is 4.74 Å². The van der Waals surface area contributed by atoms with Gasteiger partial charge in [-0.15, -0.1) is 0 Å². The highest BCUT2D eigenvalue weighted by atomic mass is 19.1. The molecule has 0 N–H and O–H groups in total. The van der Waals surface area contributed by atoms with E-state index < -0.39 is 0 Å². The number of hydrogen-bond acceptors (Lipinski definition) is 1. The van der Waals surface area contributed by atoms with Crippen LogP contribution in [0.3, 0.4) is 0 Å². The largest absolute Gasteiger partial charge is 0.485 e. The van der Waals surface area contributed by atoms with Gasteiger partial charge in [0.1, 0.15) is 5.60 Å². The van der Waals surface area contributed by atoms with Gasteiger partial charge in [-0.3, -0.25) is 0 Å². The molecule has 0 atom stereocenters. The van der Waals surface area contributed by atoms with Gasteiger partial charge in [-0.05, 0) is 54.7 Å². The van der Waals surface area contributed by atoms with E-state index in [1.165, 1.54) is 0 Å². The monoisotopic (exact) mass is 308 g/mol. The van der Waals surface area contributed by atoms with Crippen LogP contribution in [0.1, 0.15) is 80.2 Å². The first kappa shape index (κ1) is 19.0. The van der Waals surface area contributed by atoms with Crippen LogP contribution in [0.4, 0.5) is 4.39 Å². The highest BCUT2D eigenvalue weighted by molar-refractivity contribution is 5.33. The lowest BCUT2D eigenvalue weighted by Crippen LogP contribution is -2.31. The van der Waals surface area contributed by atoms with E-state index in [-0.39, 0.29) is 28.2 Å². The lowest BCUT2D eigenvalue weighted by Gasteiger charge is -2.41. The van der Waals surface area contributed by atoms with Crippen LogP contribution in [0.15, 0.2) is 18.2 Å². The standard InChI is InChI=1S/C20H33FO/c1-10-20(8,9)22-16-12-11-14(13-15(16)21)17(18(2,3)4)19(5,6)7/h11-13,17H,10H2,1-9H3. The number of rotatable bonds is 4. The molecule has 0 amide bonds. The van der Waals surface area contributed by atoms with E-state index in [2.05, 4.69) is 41.5 Å². The molecule has 0 aromatic heterocycles. The predicted molar refractivity (Wildman–Crippen MR) is 93.0 cm³/mol. The van der Waals surface area contributed by atoms with Crippen molar-refractivity contribution in [2.75, 3.05) is 0 Å². The number of benzene rings is 1. The average Bonchev–Trinajstić information content (AvgIpc) is 2.29. The summed E-state index contributed by atoms with van der Waals surface area (Å²) in [6.45, 7) is 19.3. The third-order valence-corrected chi connectivity index (χ3v) is 4.26. The van der Waals surface area contributed by atoms with Crippen LogP contribution in [0, 0.1) is 16.6 Å². The van der Waals surface area contributed by atoms with E-state index in [0.29, 0.717) is 5.75 Å². The van der Waals surface area contributed by atoms with Crippen molar-refractivity contribution < 1.29 is 9.13 Å². The molecule has 0 fully saturated rings. The Hall–Kier alpha value is -1.05. The molecular weight excluding hydrogens is 275 g/mol. The fourth-order valence-electron chi connectivity index (χ4n) is 3.45. The van der Waals surface area contributed by atoms with Crippen molar-refractivity contribution in [1.29, 1.82) is 0 Å². The lowest BCUT2D eigenvalue weighted by atomic mass is 9.64. The Morgan fingerprint density at radius 1 is 0.955 bits per heavy atom. The van der Waals surface area contributed by atoms with Gasteiger partial charge < -0.3 is 4.74 Å². The second-order valence-electron chi connectivity index (χ2n) is 9.07. The van der Waals surface area contributed by atoms with Crippen LogP contribution in [0.2, 0.25) is 0 Å². The Labute approximate surface area is 136 Å². The van der Waals surface area contributed by atoms with Crippen LogP contribution in [0.5, 0.6) is 5.75 Å². The summed E-state index contributed by atoms with van der Waals surface area (Å²) in [5.74, 6) is 0.345. The number of ether oxygens (including phenoxy) is 1. The molecule has 0 radical (unpaired) electrons. The van der Waals surface area contributed by atoms with E-state index in [1.807, 2.05) is 26.8 Å². The third kappa shape index (κ3) is 4.72. The summed E-state index contributed by atoms with van der Waals surface area (Å²) < 4.78 is 20.3. The molecule has 0 saturated heterocycles. The number of hydrogen-bond donors (Lipinski definition) is 0. The summed E-state index contributed by atoms with van der Waals surface area (Å²) in [5, 5.41) is 0. The molecule has 1 aromatic carbocycles. The second-order valence-corrected chi connectivity index (χ2v) is 9.07. The van der Waals surface area contributed by atoms with Gasteiger partial charge in [0.25, 0.3) is 0 Å². The highest BCUT2D eigenvalue weighted by Gasteiger charge is 2.36. The maximum absolute atomic E-state index is 14.5. The molecule has 126 valence electrons. The molecule has 22 heavy (non-hydrogen) atoms. The molecule has 1 aromatic rings. The van der Waals surface area contributed by atoms with Crippen molar-refractivity contribution in [3.8, 4) is 5.75 Å². The Kier molecular flexibility index (Phi) is 5.37. The van der Waals surface area contributed by atoms with Gasteiger partial charge in [-0.25, -0.2) is 4.39 Å². The normalized spacial score (nSPS) is 13.6. The first-order valence-electron chi connectivity index (χ1n) is 8.26. The Morgan fingerprint density at radius 3 is 1.82 bits per heavy atom. The fourth-order valence-corrected chi connectivity index (χ4v) is 3.45. The van der Waals surface area contributed by atoms with Crippen molar-refractivity contribution in [2.24, 2.45) is 10.8 Å². The van der Waals surface area contributed by atoms with Gasteiger partial charge in [-0.2, -0.15) is 0 Å². The first-order valence-corrected chi connectivity index (χ1v) is 8.26. The molecule has 0 spiro atoms. The van der Waals surface area contributed by atoms with Gasteiger partial charge >= 0.3 is 0 Å². The Morgan fingerprint density at radius 2 is 1.45 bits per heavy atom. The van der Waals surface area contributed by atoms with Crippen LogP contribution >= 0.6 is 0 Å². The zero-order valence-corrected chi connectivity index (χ0v) is 15.8. The van der Waals surface area contributed by atoms with E-state index in [9.17, 15) is 4.39 Å². The molecule has 0 saturated carbocycles. The van der Waals surface area contributed by atoms with Crippen molar-refractivity contribution in [3.63, 3.8) is 0 Å². The smallest absolute Gasteiger partial charge is 0.165 e. The summed E-state index contributed by atoms with van der Waals surface area (Å²) in [6.07, 6.45) is 0.834. The maximum Gasteiger partial charge on any atom is 0.165 e. The van der Waals surface area contributed by atoms with Gasteiger partial charge in [0.15, 0.2) is 11.6 Å². The maximum atomic E-state index is 14.5. The third-order valence-electron chi connectivity index (χ3n) is 4.26. The molecule has 1 nitrogen and oxygen atoms in total. The molecule has 0 aliphatic rings. The zero-order chi connectivity index (χ0) is 17.3. The topological polar surface area (TPSA) is 9.23 Å². The van der Waals surface area contributed by atoms with E-state index in [4.69, 9.17) is 4.74 Å². The molecule has 0 aliphatic carbocycles. The molecule has 0 aliphatic heterocycles. The summed E-state index contributed by atoms with van der Waals surface area (Å²) in [5.41, 5.74) is 0.820. The van der Waals surface area contributed by atoms with E-state index in [1.54, 1.807) is 12.1 Å². The van der Waals surface area contributed by atoms with Crippen molar-refractivity contribution in [1.82, 2.24) is 0 Å². The predicted octanol–water partition coefficient (Wildman–Crippen LogP) is 6.57. The average molecular weight is 308 g/mol. The highest BCUT2D eigenvalue weighted by Crippen LogP contribution is 2.47. The lowest BCUT2D eigenvalue weighted by molar-refractivity contribution is 0.0991. The second kappa shape index (κ2) is 6.22. The van der Waals surface area contributed by atoms with Crippen molar-refractivity contribution >= 4 is 0 Å². The molecular formula is C20H33FO. The van der Waals surface area contributed by atoms with Gasteiger partial charge in [0.05, 0.1) is 0 Å². The quantitative estimate of drug-likeness (QED) is 0.611. The molecule has 2 heteroatoms. The summed E-state index contributed by atoms with van der Waals surface area (Å²) >= 11 is 0. The van der Waals surface area contributed by atoms with E-state index in [0.717, 1.165) is 12.0 Å². The minimum absolute atomic E-state index is 0.0652. The first-order chi connectivity index (χ1) is 9.78. The van der Waals surface area contributed by atoms with Crippen molar-refractivity contribution in [3.05, 3.63) is 29.6 Å². The van der Waals surface area contributed by atoms with Gasteiger partial charge in [-0.1, -0.05) is 54.5 Å². The molecule has 0 heterocycles. The summed E-state index contributed by atoms with van der Waals surface area (Å²) in [6, 6.07) is 5.46. The van der Waals surface area contributed by atoms with Crippen molar-refractivity contribution in [2.45, 2.75) is 80.3 Å². The van der Waals surface area contributed by atoms with Crippen LogP contribution in [-0.4, -0.2) is 5.60 Å². The molecule has 1 rings (SSSR count). The number of halogens is 1. The molecule has 0 unspecified atom stereocenters. The van der Waals surface area contributed by atoms with Crippen LogP contribution in [0.25, 0.3) is 0 Å².